The van der Waals surface area contributed by atoms with Gasteiger partial charge < -0.3 is 15.5 Å². The van der Waals surface area contributed by atoms with Crippen LogP contribution in [0.5, 0.6) is 0 Å². The third-order valence-electron chi connectivity index (χ3n) is 5.41. The van der Waals surface area contributed by atoms with Crippen LogP contribution in [0.15, 0.2) is 0 Å². The summed E-state index contributed by atoms with van der Waals surface area (Å²) in [7, 11) is 4.42. The molecule has 2 saturated heterocycles. The highest BCUT2D eigenvalue weighted by Gasteiger charge is 2.40. The van der Waals surface area contributed by atoms with Crippen LogP contribution in [-0.4, -0.2) is 79.6 Å². The molecule has 1 atom stereocenters. The summed E-state index contributed by atoms with van der Waals surface area (Å²) in [6.45, 7) is 9.15. The van der Waals surface area contributed by atoms with E-state index >= 15 is 0 Å². The van der Waals surface area contributed by atoms with E-state index in [9.17, 15) is 0 Å². The maximum absolute atomic E-state index is 6.20. The summed E-state index contributed by atoms with van der Waals surface area (Å²) in [5.41, 5.74) is 6.48. The lowest BCUT2D eigenvalue weighted by atomic mass is 9.83. The van der Waals surface area contributed by atoms with Gasteiger partial charge in [0.15, 0.2) is 0 Å². The quantitative estimate of drug-likeness (QED) is 0.819. The number of likely N-dealkylation sites (tertiary alicyclic amines) is 2. The van der Waals surface area contributed by atoms with Gasteiger partial charge in [-0.25, -0.2) is 0 Å². The fourth-order valence-electron chi connectivity index (χ4n) is 3.74. The summed E-state index contributed by atoms with van der Waals surface area (Å²) < 4.78 is 0. The van der Waals surface area contributed by atoms with Crippen LogP contribution in [-0.2, 0) is 0 Å². The molecule has 2 rings (SSSR count). The lowest BCUT2D eigenvalue weighted by Crippen LogP contribution is -2.63. The third-order valence-corrected chi connectivity index (χ3v) is 5.41. The number of hydrogen-bond acceptors (Lipinski definition) is 4. The highest BCUT2D eigenvalue weighted by molar-refractivity contribution is 4.98. The Labute approximate surface area is 118 Å². The Kier molecular flexibility index (Phi) is 5.23. The van der Waals surface area contributed by atoms with Crippen molar-refractivity contribution in [2.75, 3.05) is 53.4 Å². The fraction of sp³-hybridized carbons (Fsp3) is 1.00. The van der Waals surface area contributed by atoms with E-state index in [1.807, 2.05) is 0 Å². The average molecular weight is 268 g/mol. The fourth-order valence-corrected chi connectivity index (χ4v) is 3.74. The Morgan fingerprint density at radius 1 is 1.21 bits per heavy atom. The van der Waals surface area contributed by atoms with Crippen molar-refractivity contribution in [2.24, 2.45) is 5.73 Å². The molecule has 19 heavy (non-hydrogen) atoms. The number of nitrogens with zero attached hydrogens (tertiary/aromatic N) is 3. The van der Waals surface area contributed by atoms with E-state index < -0.39 is 0 Å². The van der Waals surface area contributed by atoms with Gasteiger partial charge in [-0.3, -0.25) is 4.90 Å². The molecular formula is C15H32N4. The summed E-state index contributed by atoms with van der Waals surface area (Å²) >= 11 is 0. The second-order valence-corrected chi connectivity index (χ2v) is 6.57. The first kappa shape index (κ1) is 15.2. The van der Waals surface area contributed by atoms with Crippen molar-refractivity contribution in [3.05, 3.63) is 0 Å². The van der Waals surface area contributed by atoms with Gasteiger partial charge >= 0.3 is 0 Å². The van der Waals surface area contributed by atoms with Crippen molar-refractivity contribution in [1.82, 2.24) is 14.7 Å². The summed E-state index contributed by atoms with van der Waals surface area (Å²) in [5.74, 6) is 0. The van der Waals surface area contributed by atoms with Crippen molar-refractivity contribution in [1.29, 1.82) is 0 Å². The van der Waals surface area contributed by atoms with Crippen molar-refractivity contribution in [2.45, 2.75) is 44.2 Å². The molecule has 2 fully saturated rings. The SMILES string of the molecule is CCN1CCC(CN)(N2CCCC(N(C)C)C2)CC1. The zero-order chi connectivity index (χ0) is 13.9. The highest BCUT2D eigenvalue weighted by atomic mass is 15.3. The number of piperidine rings is 2. The minimum absolute atomic E-state index is 0.278. The molecule has 0 aromatic rings. The minimum Gasteiger partial charge on any atom is -0.329 e. The maximum atomic E-state index is 6.20. The van der Waals surface area contributed by atoms with Gasteiger partial charge in [0.05, 0.1) is 0 Å². The second-order valence-electron chi connectivity index (χ2n) is 6.57. The summed E-state index contributed by atoms with van der Waals surface area (Å²) in [6, 6.07) is 0.710. The Hall–Kier alpha value is -0.160. The molecule has 0 saturated carbocycles. The van der Waals surface area contributed by atoms with Crippen molar-refractivity contribution in [3.63, 3.8) is 0 Å². The first-order valence-electron chi connectivity index (χ1n) is 7.95. The molecule has 2 aliphatic rings. The number of rotatable bonds is 4. The Balaban J connectivity index is 2.00. The van der Waals surface area contributed by atoms with Crippen LogP contribution in [0.4, 0.5) is 0 Å². The van der Waals surface area contributed by atoms with Gasteiger partial charge in [-0.15, -0.1) is 0 Å². The lowest BCUT2D eigenvalue weighted by Gasteiger charge is -2.51. The normalized spacial score (nSPS) is 29.8. The molecule has 4 nitrogen and oxygen atoms in total. The first-order chi connectivity index (χ1) is 9.11. The minimum atomic E-state index is 0.278. The number of nitrogens with two attached hydrogens (primary N) is 1. The molecular weight excluding hydrogens is 236 g/mol. The van der Waals surface area contributed by atoms with E-state index in [1.54, 1.807) is 0 Å². The van der Waals surface area contributed by atoms with E-state index in [0.29, 0.717) is 6.04 Å². The predicted molar refractivity (Wildman–Crippen MR) is 81.4 cm³/mol. The zero-order valence-electron chi connectivity index (χ0n) is 13.1. The van der Waals surface area contributed by atoms with Crippen LogP contribution < -0.4 is 5.73 Å². The van der Waals surface area contributed by atoms with E-state index in [1.165, 1.54) is 58.4 Å². The zero-order valence-corrected chi connectivity index (χ0v) is 13.1. The molecule has 0 spiro atoms. The van der Waals surface area contributed by atoms with E-state index in [-0.39, 0.29) is 5.54 Å². The summed E-state index contributed by atoms with van der Waals surface area (Å²) in [4.78, 5) is 7.66. The first-order valence-corrected chi connectivity index (χ1v) is 7.95. The van der Waals surface area contributed by atoms with E-state index in [0.717, 1.165) is 6.54 Å². The molecule has 2 aliphatic heterocycles. The summed E-state index contributed by atoms with van der Waals surface area (Å²) in [6.07, 6.45) is 5.16. The molecule has 0 aromatic heterocycles. The highest BCUT2D eigenvalue weighted by Crippen LogP contribution is 2.31. The van der Waals surface area contributed by atoms with Gasteiger partial charge in [0.1, 0.15) is 0 Å². The van der Waals surface area contributed by atoms with Gasteiger partial charge in [-0.1, -0.05) is 6.92 Å². The molecule has 2 heterocycles. The van der Waals surface area contributed by atoms with Crippen LogP contribution >= 0.6 is 0 Å². The molecule has 0 aromatic carbocycles. The van der Waals surface area contributed by atoms with Crippen LogP contribution in [0.1, 0.15) is 32.6 Å². The molecule has 4 heteroatoms. The Morgan fingerprint density at radius 2 is 1.89 bits per heavy atom. The van der Waals surface area contributed by atoms with Crippen LogP contribution in [0.2, 0.25) is 0 Å². The molecule has 0 radical (unpaired) electrons. The third kappa shape index (κ3) is 3.30. The van der Waals surface area contributed by atoms with Crippen LogP contribution in [0.3, 0.4) is 0 Å². The average Bonchev–Trinajstić information content (AvgIpc) is 2.47. The molecule has 112 valence electrons. The molecule has 0 bridgehead atoms. The van der Waals surface area contributed by atoms with E-state index in [4.69, 9.17) is 5.73 Å². The van der Waals surface area contributed by atoms with Gasteiger partial charge in [-0.05, 0) is 66.0 Å². The van der Waals surface area contributed by atoms with Gasteiger partial charge in [0, 0.05) is 24.7 Å². The van der Waals surface area contributed by atoms with E-state index in [2.05, 4.69) is 35.7 Å². The van der Waals surface area contributed by atoms with Crippen molar-refractivity contribution in [3.8, 4) is 0 Å². The van der Waals surface area contributed by atoms with Crippen molar-refractivity contribution < 1.29 is 0 Å². The summed E-state index contributed by atoms with van der Waals surface area (Å²) in [5, 5.41) is 0. The largest absolute Gasteiger partial charge is 0.329 e. The standard InChI is InChI=1S/C15H32N4/c1-4-18-10-7-15(13-16,8-11-18)19-9-5-6-14(12-19)17(2)3/h14H,4-13,16H2,1-3H3. The maximum Gasteiger partial charge on any atom is 0.0356 e. The number of likely N-dealkylation sites (N-methyl/N-ethyl adjacent to an activating group) is 1. The molecule has 0 aliphatic carbocycles. The smallest absolute Gasteiger partial charge is 0.0356 e. The topological polar surface area (TPSA) is 35.7 Å². The van der Waals surface area contributed by atoms with Gasteiger partial charge in [-0.2, -0.15) is 0 Å². The van der Waals surface area contributed by atoms with Gasteiger partial charge in [0.25, 0.3) is 0 Å². The number of hydrogen-bond donors (Lipinski definition) is 1. The Bertz CT molecular complexity index is 271. The van der Waals surface area contributed by atoms with Gasteiger partial charge in [0.2, 0.25) is 0 Å². The predicted octanol–water partition coefficient (Wildman–Crippen LogP) is 0.826. The van der Waals surface area contributed by atoms with Crippen LogP contribution in [0, 0.1) is 0 Å². The van der Waals surface area contributed by atoms with Crippen LogP contribution in [0.25, 0.3) is 0 Å². The van der Waals surface area contributed by atoms with Crippen molar-refractivity contribution >= 4 is 0 Å². The second kappa shape index (κ2) is 6.53. The lowest BCUT2D eigenvalue weighted by molar-refractivity contribution is -0.00599. The monoisotopic (exact) mass is 268 g/mol. The molecule has 1 unspecified atom stereocenters. The Morgan fingerprint density at radius 3 is 2.42 bits per heavy atom. The molecule has 2 N–H and O–H groups in total. The molecule has 0 amide bonds.